The van der Waals surface area contributed by atoms with Gasteiger partial charge in [-0.3, -0.25) is 0 Å². The van der Waals surface area contributed by atoms with Gasteiger partial charge in [0.25, 0.3) is 0 Å². The number of sulfonamides is 1. The molecule has 7 nitrogen and oxygen atoms in total. The standard InChI is InChI=1S/C18H23N3O4S/c1-12-7-13-8-15(3-4-17(13)25-12)26(22,23)20-14-5-6-24-18(9-14)16-10-19-11-21(16)2/h3-4,8,10-12,14,18,20H,5-7,9H2,1-2H3/t12-,14+,18-/m1/s1. The van der Waals surface area contributed by atoms with E-state index in [-0.39, 0.29) is 23.1 Å². The normalized spacial score (nSPS) is 25.7. The molecular weight excluding hydrogens is 354 g/mol. The van der Waals surface area contributed by atoms with Gasteiger partial charge in [0.15, 0.2) is 0 Å². The van der Waals surface area contributed by atoms with Crippen LogP contribution in [0.3, 0.4) is 0 Å². The van der Waals surface area contributed by atoms with E-state index in [1.165, 1.54) is 0 Å². The van der Waals surface area contributed by atoms with Gasteiger partial charge in [-0.1, -0.05) is 0 Å². The van der Waals surface area contributed by atoms with Crippen molar-refractivity contribution in [3.63, 3.8) is 0 Å². The average molecular weight is 377 g/mol. The summed E-state index contributed by atoms with van der Waals surface area (Å²) in [4.78, 5) is 4.41. The molecule has 2 aliphatic heterocycles. The molecule has 1 N–H and O–H groups in total. The lowest BCUT2D eigenvalue weighted by atomic mass is 10.0. The maximum Gasteiger partial charge on any atom is 0.240 e. The first-order chi connectivity index (χ1) is 12.4. The second-order valence-corrected chi connectivity index (χ2v) is 8.75. The van der Waals surface area contributed by atoms with Gasteiger partial charge in [0.1, 0.15) is 18.0 Å². The van der Waals surface area contributed by atoms with Crippen molar-refractivity contribution >= 4 is 10.0 Å². The number of hydrogen-bond acceptors (Lipinski definition) is 5. The molecule has 0 aliphatic carbocycles. The van der Waals surface area contributed by atoms with Crippen molar-refractivity contribution in [2.24, 2.45) is 7.05 Å². The molecule has 0 saturated carbocycles. The first-order valence-corrected chi connectivity index (χ1v) is 10.3. The molecule has 1 aromatic heterocycles. The van der Waals surface area contributed by atoms with Crippen LogP contribution in [0.2, 0.25) is 0 Å². The molecule has 8 heteroatoms. The van der Waals surface area contributed by atoms with Crippen molar-refractivity contribution in [1.82, 2.24) is 14.3 Å². The highest BCUT2D eigenvalue weighted by atomic mass is 32.2. The summed E-state index contributed by atoms with van der Waals surface area (Å²) in [5.41, 5.74) is 1.90. The Morgan fingerprint density at radius 3 is 2.96 bits per heavy atom. The molecule has 1 fully saturated rings. The number of rotatable bonds is 4. The van der Waals surface area contributed by atoms with E-state index >= 15 is 0 Å². The van der Waals surface area contributed by atoms with Gasteiger partial charge in [-0.15, -0.1) is 0 Å². The van der Waals surface area contributed by atoms with Gasteiger partial charge in [-0.2, -0.15) is 0 Å². The minimum Gasteiger partial charge on any atom is -0.490 e. The number of fused-ring (bicyclic) bond motifs is 1. The first-order valence-electron chi connectivity index (χ1n) is 8.82. The Morgan fingerprint density at radius 1 is 1.35 bits per heavy atom. The van der Waals surface area contributed by atoms with Gasteiger partial charge in [0, 0.05) is 26.1 Å². The third-order valence-electron chi connectivity index (χ3n) is 4.97. The number of aromatic nitrogens is 2. The zero-order chi connectivity index (χ0) is 18.3. The Kier molecular flexibility index (Phi) is 4.50. The maximum absolute atomic E-state index is 12.8. The minimum atomic E-state index is -3.58. The number of benzene rings is 1. The van der Waals surface area contributed by atoms with Crippen molar-refractivity contribution in [2.75, 3.05) is 6.61 Å². The van der Waals surface area contributed by atoms with E-state index in [2.05, 4.69) is 9.71 Å². The summed E-state index contributed by atoms with van der Waals surface area (Å²) in [6, 6.07) is 4.91. The molecule has 4 rings (SSSR count). The van der Waals surface area contributed by atoms with Crippen LogP contribution in [-0.4, -0.2) is 36.7 Å². The highest BCUT2D eigenvalue weighted by Crippen LogP contribution is 2.32. The lowest BCUT2D eigenvalue weighted by molar-refractivity contribution is -0.0000446. The number of nitrogens with one attached hydrogen (secondary N) is 1. The lowest BCUT2D eigenvalue weighted by Gasteiger charge is -2.30. The molecule has 1 saturated heterocycles. The monoisotopic (exact) mass is 377 g/mol. The van der Waals surface area contributed by atoms with Gasteiger partial charge < -0.3 is 14.0 Å². The molecule has 0 radical (unpaired) electrons. The Labute approximate surface area is 153 Å². The van der Waals surface area contributed by atoms with Crippen LogP contribution in [0.1, 0.15) is 37.1 Å². The zero-order valence-corrected chi connectivity index (χ0v) is 15.7. The highest BCUT2D eigenvalue weighted by Gasteiger charge is 2.30. The summed E-state index contributed by atoms with van der Waals surface area (Å²) < 4.78 is 41.9. The Balaban J connectivity index is 1.49. The van der Waals surface area contributed by atoms with Gasteiger partial charge in [0.05, 0.1) is 23.1 Å². The second kappa shape index (κ2) is 6.68. The molecule has 0 unspecified atom stereocenters. The van der Waals surface area contributed by atoms with E-state index in [0.717, 1.165) is 23.4 Å². The molecular formula is C18H23N3O4S. The largest absolute Gasteiger partial charge is 0.490 e. The first kappa shape index (κ1) is 17.5. The van der Waals surface area contributed by atoms with Gasteiger partial charge in [-0.05, 0) is 43.5 Å². The third-order valence-corrected chi connectivity index (χ3v) is 6.49. The van der Waals surface area contributed by atoms with Crippen molar-refractivity contribution in [3.8, 4) is 5.75 Å². The third kappa shape index (κ3) is 3.36. The molecule has 26 heavy (non-hydrogen) atoms. The van der Waals surface area contributed by atoms with Crippen molar-refractivity contribution in [2.45, 2.75) is 49.3 Å². The Morgan fingerprint density at radius 2 is 2.19 bits per heavy atom. The number of ether oxygens (including phenoxy) is 2. The zero-order valence-electron chi connectivity index (χ0n) is 14.9. The summed E-state index contributed by atoms with van der Waals surface area (Å²) in [7, 11) is -1.68. The number of nitrogens with zero attached hydrogens (tertiary/aromatic N) is 2. The fourth-order valence-electron chi connectivity index (χ4n) is 3.64. The van der Waals surface area contributed by atoms with E-state index < -0.39 is 10.0 Å². The van der Waals surface area contributed by atoms with Crippen LogP contribution >= 0.6 is 0 Å². The summed E-state index contributed by atoms with van der Waals surface area (Å²) in [5, 5.41) is 0. The predicted octanol–water partition coefficient (Wildman–Crippen LogP) is 1.94. The molecule has 0 amide bonds. The van der Waals surface area contributed by atoms with Gasteiger partial charge in [0.2, 0.25) is 10.0 Å². The molecule has 3 heterocycles. The summed E-state index contributed by atoms with van der Waals surface area (Å²) in [5.74, 6) is 0.777. The van der Waals surface area contributed by atoms with Crippen LogP contribution in [0.25, 0.3) is 0 Å². The van der Waals surface area contributed by atoms with Crippen molar-refractivity contribution in [1.29, 1.82) is 0 Å². The van der Waals surface area contributed by atoms with Crippen molar-refractivity contribution < 1.29 is 17.9 Å². The van der Waals surface area contributed by atoms with E-state index in [4.69, 9.17) is 9.47 Å². The number of imidazole rings is 1. The molecule has 0 spiro atoms. The second-order valence-electron chi connectivity index (χ2n) is 7.03. The van der Waals surface area contributed by atoms with Crippen LogP contribution in [-0.2, 0) is 28.2 Å². The molecule has 2 aromatic rings. The SMILES string of the molecule is C[C@@H]1Cc2cc(S(=O)(=O)N[C@H]3CCO[C@@H](c4cncn4C)C3)ccc2O1. The van der Waals surface area contributed by atoms with E-state index in [0.29, 0.717) is 19.4 Å². The van der Waals surface area contributed by atoms with Crippen LogP contribution in [0.15, 0.2) is 35.6 Å². The topological polar surface area (TPSA) is 82.5 Å². The summed E-state index contributed by atoms with van der Waals surface area (Å²) in [6.45, 7) is 2.49. The Bertz CT molecular complexity index is 909. The molecule has 1 aromatic carbocycles. The quantitative estimate of drug-likeness (QED) is 0.881. The average Bonchev–Trinajstić information content (AvgIpc) is 3.18. The van der Waals surface area contributed by atoms with Crippen LogP contribution < -0.4 is 9.46 Å². The molecule has 0 bridgehead atoms. The van der Waals surface area contributed by atoms with Crippen molar-refractivity contribution in [3.05, 3.63) is 42.0 Å². The molecule has 140 valence electrons. The fraction of sp³-hybridized carbons (Fsp3) is 0.500. The fourth-order valence-corrected chi connectivity index (χ4v) is 4.97. The highest BCUT2D eigenvalue weighted by molar-refractivity contribution is 7.89. The Hall–Kier alpha value is -1.90. The number of hydrogen-bond donors (Lipinski definition) is 1. The van der Waals surface area contributed by atoms with Crippen LogP contribution in [0.4, 0.5) is 0 Å². The summed E-state index contributed by atoms with van der Waals surface area (Å²) >= 11 is 0. The minimum absolute atomic E-state index is 0.0889. The number of aryl methyl sites for hydroxylation is 1. The van der Waals surface area contributed by atoms with E-state index in [9.17, 15) is 8.42 Å². The van der Waals surface area contributed by atoms with E-state index in [1.54, 1.807) is 30.7 Å². The molecule has 2 aliphatic rings. The molecule has 3 atom stereocenters. The van der Waals surface area contributed by atoms with Gasteiger partial charge in [-0.25, -0.2) is 18.1 Å². The lowest BCUT2D eigenvalue weighted by Crippen LogP contribution is -2.40. The van der Waals surface area contributed by atoms with Gasteiger partial charge >= 0.3 is 0 Å². The summed E-state index contributed by atoms with van der Waals surface area (Å²) in [6.07, 6.45) is 5.40. The van der Waals surface area contributed by atoms with E-state index in [1.807, 2.05) is 18.5 Å². The maximum atomic E-state index is 12.8. The predicted molar refractivity (Wildman–Crippen MR) is 95.5 cm³/mol. The smallest absolute Gasteiger partial charge is 0.240 e. The van der Waals surface area contributed by atoms with Crippen LogP contribution in [0.5, 0.6) is 5.75 Å². The van der Waals surface area contributed by atoms with Crippen LogP contribution in [0, 0.1) is 0 Å².